The van der Waals surface area contributed by atoms with Gasteiger partial charge in [-0.25, -0.2) is 0 Å². The maximum atomic E-state index is 6.16. The third-order valence-corrected chi connectivity index (χ3v) is 5.83. The number of piperidine rings is 1. The summed E-state index contributed by atoms with van der Waals surface area (Å²) in [5.74, 6) is 2.23. The van der Waals surface area contributed by atoms with E-state index in [-0.39, 0.29) is 0 Å². The minimum absolute atomic E-state index is 0.439. The highest BCUT2D eigenvalue weighted by atomic mass is 79.9. The summed E-state index contributed by atoms with van der Waals surface area (Å²) >= 11 is 9.75. The predicted molar refractivity (Wildman–Crippen MR) is 114 cm³/mol. The summed E-state index contributed by atoms with van der Waals surface area (Å²) in [4.78, 5) is 0. The van der Waals surface area contributed by atoms with E-state index in [2.05, 4.69) is 26.6 Å². The molecule has 4 nitrogen and oxygen atoms in total. The van der Waals surface area contributed by atoms with Gasteiger partial charge >= 0.3 is 0 Å². The van der Waals surface area contributed by atoms with Gasteiger partial charge in [0.2, 0.25) is 0 Å². The van der Waals surface area contributed by atoms with Crippen molar-refractivity contribution in [3.8, 4) is 11.5 Å². The van der Waals surface area contributed by atoms with Crippen molar-refractivity contribution < 1.29 is 9.47 Å². The summed E-state index contributed by atoms with van der Waals surface area (Å²) in [6.45, 7) is 4.41. The van der Waals surface area contributed by atoms with Crippen molar-refractivity contribution >= 4 is 27.5 Å². The second-order valence-corrected chi connectivity index (χ2v) is 8.09. The SMILES string of the molecule is COc1ccc(Br)c(CNCC2CCNCC2)c1OCc1cccc(Cl)c1. The number of benzene rings is 2. The quantitative estimate of drug-likeness (QED) is 0.604. The van der Waals surface area contributed by atoms with Gasteiger partial charge in [0.1, 0.15) is 6.61 Å². The highest BCUT2D eigenvalue weighted by Gasteiger charge is 2.17. The molecule has 2 aromatic rings. The van der Waals surface area contributed by atoms with Gasteiger partial charge in [0.25, 0.3) is 0 Å². The van der Waals surface area contributed by atoms with Crippen molar-refractivity contribution in [1.29, 1.82) is 0 Å². The minimum Gasteiger partial charge on any atom is -0.493 e. The van der Waals surface area contributed by atoms with Gasteiger partial charge in [0.15, 0.2) is 11.5 Å². The number of halogens is 2. The first-order valence-electron chi connectivity index (χ1n) is 9.31. The van der Waals surface area contributed by atoms with E-state index in [1.54, 1.807) is 7.11 Å². The van der Waals surface area contributed by atoms with Crippen LogP contribution in [0.3, 0.4) is 0 Å². The zero-order valence-corrected chi connectivity index (χ0v) is 17.9. The standard InChI is InChI=1S/C21H26BrClN2O2/c1-26-20-6-5-19(22)18(13-25-12-15-7-9-24-10-8-15)21(20)27-14-16-3-2-4-17(23)11-16/h2-6,11,15,24-25H,7-10,12-14H2,1H3. The first kappa shape index (κ1) is 20.5. The smallest absolute Gasteiger partial charge is 0.167 e. The Hall–Kier alpha value is -1.27. The molecule has 6 heteroatoms. The summed E-state index contributed by atoms with van der Waals surface area (Å²) in [5.41, 5.74) is 2.10. The summed E-state index contributed by atoms with van der Waals surface area (Å²) < 4.78 is 12.7. The number of hydrogen-bond acceptors (Lipinski definition) is 4. The molecule has 0 amide bonds. The molecule has 0 spiro atoms. The fourth-order valence-corrected chi connectivity index (χ4v) is 4.00. The molecule has 146 valence electrons. The van der Waals surface area contributed by atoms with Crippen LogP contribution in [0.2, 0.25) is 5.02 Å². The minimum atomic E-state index is 0.439. The van der Waals surface area contributed by atoms with Crippen molar-refractivity contribution in [3.05, 3.63) is 57.0 Å². The van der Waals surface area contributed by atoms with Crippen LogP contribution in [0.4, 0.5) is 0 Å². The topological polar surface area (TPSA) is 42.5 Å². The van der Waals surface area contributed by atoms with Crippen LogP contribution in [-0.2, 0) is 13.2 Å². The highest BCUT2D eigenvalue weighted by Crippen LogP contribution is 2.37. The van der Waals surface area contributed by atoms with Crippen molar-refractivity contribution in [2.45, 2.75) is 26.0 Å². The van der Waals surface area contributed by atoms with E-state index < -0.39 is 0 Å². The fourth-order valence-electron chi connectivity index (χ4n) is 3.34. The molecule has 3 rings (SSSR count). The lowest BCUT2D eigenvalue weighted by Gasteiger charge is -2.23. The predicted octanol–water partition coefficient (Wildman–Crippen LogP) is 4.78. The Morgan fingerprint density at radius 1 is 1.22 bits per heavy atom. The van der Waals surface area contributed by atoms with E-state index in [0.29, 0.717) is 11.6 Å². The van der Waals surface area contributed by atoms with Crippen LogP contribution in [0.25, 0.3) is 0 Å². The Balaban J connectivity index is 1.69. The maximum Gasteiger partial charge on any atom is 0.167 e. The van der Waals surface area contributed by atoms with E-state index >= 15 is 0 Å². The lowest BCUT2D eigenvalue weighted by Crippen LogP contribution is -2.33. The van der Waals surface area contributed by atoms with Crippen LogP contribution in [0.1, 0.15) is 24.0 Å². The molecule has 0 saturated carbocycles. The Labute approximate surface area is 174 Å². The van der Waals surface area contributed by atoms with Gasteiger partial charge in [0.05, 0.1) is 7.11 Å². The Morgan fingerprint density at radius 2 is 2.04 bits per heavy atom. The van der Waals surface area contributed by atoms with Crippen LogP contribution in [0.5, 0.6) is 11.5 Å². The second-order valence-electron chi connectivity index (χ2n) is 6.80. The Kier molecular flexibility index (Phi) is 7.82. The van der Waals surface area contributed by atoms with Crippen LogP contribution >= 0.6 is 27.5 Å². The first-order valence-corrected chi connectivity index (χ1v) is 10.5. The second kappa shape index (κ2) is 10.3. The molecule has 0 aliphatic carbocycles. The third-order valence-electron chi connectivity index (χ3n) is 4.85. The number of methoxy groups -OCH3 is 1. The van der Waals surface area contributed by atoms with Crippen LogP contribution in [-0.4, -0.2) is 26.7 Å². The van der Waals surface area contributed by atoms with E-state index in [4.69, 9.17) is 21.1 Å². The zero-order chi connectivity index (χ0) is 19.1. The van der Waals surface area contributed by atoms with Gasteiger partial charge in [-0.05, 0) is 68.2 Å². The van der Waals surface area contributed by atoms with Gasteiger partial charge in [-0.15, -0.1) is 0 Å². The molecule has 1 fully saturated rings. The molecule has 0 unspecified atom stereocenters. The molecule has 0 atom stereocenters. The van der Waals surface area contributed by atoms with Crippen molar-refractivity contribution in [2.75, 3.05) is 26.7 Å². The summed E-state index contributed by atoms with van der Waals surface area (Å²) in [6.07, 6.45) is 2.45. The molecular weight excluding hydrogens is 428 g/mol. The molecule has 1 saturated heterocycles. The maximum absolute atomic E-state index is 6.16. The number of nitrogens with one attached hydrogen (secondary N) is 2. The van der Waals surface area contributed by atoms with E-state index in [1.165, 1.54) is 12.8 Å². The molecule has 0 aromatic heterocycles. The normalized spacial score (nSPS) is 14.9. The summed E-state index contributed by atoms with van der Waals surface area (Å²) in [5, 5.41) is 7.72. The summed E-state index contributed by atoms with van der Waals surface area (Å²) in [6, 6.07) is 11.6. The molecule has 1 heterocycles. The van der Waals surface area contributed by atoms with E-state index in [0.717, 1.165) is 59.2 Å². The molecule has 2 aromatic carbocycles. The van der Waals surface area contributed by atoms with E-state index in [9.17, 15) is 0 Å². The molecule has 1 aliphatic rings. The molecule has 1 aliphatic heterocycles. The van der Waals surface area contributed by atoms with Gasteiger partial charge in [-0.1, -0.05) is 39.7 Å². The average Bonchev–Trinajstić information content (AvgIpc) is 2.69. The molecule has 27 heavy (non-hydrogen) atoms. The van der Waals surface area contributed by atoms with Gasteiger partial charge in [-0.3, -0.25) is 0 Å². The van der Waals surface area contributed by atoms with Crippen molar-refractivity contribution in [2.24, 2.45) is 5.92 Å². The number of rotatable bonds is 8. The monoisotopic (exact) mass is 452 g/mol. The van der Waals surface area contributed by atoms with Gasteiger partial charge in [-0.2, -0.15) is 0 Å². The molecule has 0 bridgehead atoms. The van der Waals surface area contributed by atoms with Crippen molar-refractivity contribution in [3.63, 3.8) is 0 Å². The third kappa shape index (κ3) is 5.85. The number of ether oxygens (including phenoxy) is 2. The van der Waals surface area contributed by atoms with E-state index in [1.807, 2.05) is 36.4 Å². The van der Waals surface area contributed by atoms with Gasteiger partial charge in [0, 0.05) is 21.6 Å². The molecule has 0 radical (unpaired) electrons. The number of hydrogen-bond donors (Lipinski definition) is 2. The van der Waals surface area contributed by atoms with Crippen LogP contribution < -0.4 is 20.1 Å². The van der Waals surface area contributed by atoms with Crippen LogP contribution in [0, 0.1) is 5.92 Å². The molecular formula is C21H26BrClN2O2. The summed E-state index contributed by atoms with van der Waals surface area (Å²) in [7, 11) is 1.67. The Bertz CT molecular complexity index is 751. The van der Waals surface area contributed by atoms with Crippen molar-refractivity contribution in [1.82, 2.24) is 10.6 Å². The molecule has 2 N–H and O–H groups in total. The van der Waals surface area contributed by atoms with Gasteiger partial charge < -0.3 is 20.1 Å². The largest absolute Gasteiger partial charge is 0.493 e. The fraction of sp³-hybridized carbons (Fsp3) is 0.429. The first-order chi connectivity index (χ1) is 13.2. The Morgan fingerprint density at radius 3 is 2.78 bits per heavy atom. The average molecular weight is 454 g/mol. The highest BCUT2D eigenvalue weighted by molar-refractivity contribution is 9.10. The zero-order valence-electron chi connectivity index (χ0n) is 15.6. The van der Waals surface area contributed by atoms with Crippen LogP contribution in [0.15, 0.2) is 40.9 Å². The lowest BCUT2D eigenvalue weighted by molar-refractivity contribution is 0.279. The lowest BCUT2D eigenvalue weighted by atomic mass is 9.98.